The van der Waals surface area contributed by atoms with Crippen molar-refractivity contribution in [3.8, 4) is 11.3 Å². The predicted octanol–water partition coefficient (Wildman–Crippen LogP) is 4.43. The lowest BCUT2D eigenvalue weighted by Crippen LogP contribution is -2.16. The summed E-state index contributed by atoms with van der Waals surface area (Å²) in [6, 6.07) is 2.99. The fourth-order valence-corrected chi connectivity index (χ4v) is 2.99. The maximum atomic E-state index is 14.3. The molecule has 2 N–H and O–H groups in total. The third-order valence-corrected chi connectivity index (χ3v) is 4.16. The molecule has 1 fully saturated rings. The molecule has 23 heavy (non-hydrogen) atoms. The summed E-state index contributed by atoms with van der Waals surface area (Å²) in [5.41, 5.74) is 0.822. The van der Waals surface area contributed by atoms with Gasteiger partial charge >= 0.3 is 0 Å². The first-order valence-electron chi connectivity index (χ1n) is 7.37. The molecule has 0 unspecified atom stereocenters. The minimum Gasteiger partial charge on any atom is -0.382 e. The Labute approximate surface area is 137 Å². The summed E-state index contributed by atoms with van der Waals surface area (Å²) in [6.45, 7) is 0. The largest absolute Gasteiger partial charge is 0.382 e. The van der Waals surface area contributed by atoms with Gasteiger partial charge in [0.15, 0.2) is 5.82 Å². The van der Waals surface area contributed by atoms with Crippen molar-refractivity contribution in [3.05, 3.63) is 40.8 Å². The number of rotatable bonds is 4. The van der Waals surface area contributed by atoms with Crippen molar-refractivity contribution in [1.82, 2.24) is 9.97 Å². The van der Waals surface area contributed by atoms with Crippen molar-refractivity contribution in [3.63, 3.8) is 0 Å². The Balaban J connectivity index is 2.06. The minimum absolute atomic E-state index is 0.0603. The van der Waals surface area contributed by atoms with Crippen molar-refractivity contribution < 1.29 is 8.78 Å². The topological polar surface area (TPSA) is 61.7 Å². The van der Waals surface area contributed by atoms with E-state index in [-0.39, 0.29) is 28.1 Å². The lowest BCUT2D eigenvalue weighted by Gasteiger charge is -2.17. The fraction of sp³-hybridized carbons (Fsp3) is 0.312. The Kier molecular flexibility index (Phi) is 4.52. The molecule has 120 valence electrons. The van der Waals surface area contributed by atoms with E-state index in [9.17, 15) is 8.78 Å². The minimum atomic E-state index is -0.678. The average molecular weight is 337 g/mol. The molecule has 1 aliphatic carbocycles. The van der Waals surface area contributed by atoms with Gasteiger partial charge in [0.2, 0.25) is 5.28 Å². The Bertz CT molecular complexity index is 745. The van der Waals surface area contributed by atoms with Gasteiger partial charge in [-0.15, -0.1) is 0 Å². The van der Waals surface area contributed by atoms with Crippen LogP contribution in [0, 0.1) is 17.0 Å². The highest BCUT2D eigenvalue weighted by molar-refractivity contribution is 6.28. The SMILES string of the molecule is N=Cc1c(F)cc(-c2nc(Cl)ncc2F)cc1NC1CCCC1. The zero-order valence-corrected chi connectivity index (χ0v) is 13.0. The number of anilines is 1. The van der Waals surface area contributed by atoms with Gasteiger partial charge in [0.1, 0.15) is 11.5 Å². The molecule has 1 aromatic carbocycles. The number of hydrogen-bond donors (Lipinski definition) is 2. The van der Waals surface area contributed by atoms with E-state index in [2.05, 4.69) is 15.3 Å². The number of benzene rings is 1. The fourth-order valence-electron chi connectivity index (χ4n) is 2.86. The molecule has 4 nitrogen and oxygen atoms in total. The number of nitrogens with zero attached hydrogens (tertiary/aromatic N) is 2. The first-order valence-corrected chi connectivity index (χ1v) is 7.75. The van der Waals surface area contributed by atoms with Crippen LogP contribution in [0.2, 0.25) is 5.28 Å². The van der Waals surface area contributed by atoms with Crippen LogP contribution < -0.4 is 5.32 Å². The van der Waals surface area contributed by atoms with Crippen LogP contribution in [0.1, 0.15) is 31.2 Å². The molecule has 1 aliphatic rings. The molecular formula is C16H15ClF2N4. The van der Waals surface area contributed by atoms with Crippen molar-refractivity contribution in [1.29, 1.82) is 5.41 Å². The van der Waals surface area contributed by atoms with E-state index in [1.165, 1.54) is 0 Å². The lowest BCUT2D eigenvalue weighted by molar-refractivity contribution is 0.615. The Morgan fingerprint density at radius 2 is 1.96 bits per heavy atom. The molecule has 3 rings (SSSR count). The van der Waals surface area contributed by atoms with Gasteiger partial charge in [0.25, 0.3) is 0 Å². The standard InChI is InChI=1S/C16H15ClF2N4/c17-16-21-8-13(19)15(23-16)9-5-12(18)11(7-20)14(6-9)22-10-3-1-2-4-10/h5-8,10,20,22H,1-4H2. The zero-order chi connectivity index (χ0) is 16.4. The van der Waals surface area contributed by atoms with Gasteiger partial charge in [-0.05, 0) is 36.6 Å². The van der Waals surface area contributed by atoms with Crippen molar-refractivity contribution >= 4 is 23.5 Å². The predicted molar refractivity (Wildman–Crippen MR) is 86.2 cm³/mol. The van der Waals surface area contributed by atoms with Gasteiger partial charge < -0.3 is 10.7 Å². The molecule has 0 aliphatic heterocycles. The summed E-state index contributed by atoms with van der Waals surface area (Å²) >= 11 is 5.71. The highest BCUT2D eigenvalue weighted by Crippen LogP contribution is 2.31. The van der Waals surface area contributed by atoms with Crippen LogP contribution >= 0.6 is 11.6 Å². The second kappa shape index (κ2) is 6.58. The van der Waals surface area contributed by atoms with Crippen LogP contribution in [0.5, 0.6) is 0 Å². The van der Waals surface area contributed by atoms with E-state index in [1.54, 1.807) is 6.07 Å². The van der Waals surface area contributed by atoms with Gasteiger partial charge in [0.05, 0.1) is 11.8 Å². The van der Waals surface area contributed by atoms with Gasteiger partial charge in [-0.25, -0.2) is 18.7 Å². The maximum Gasteiger partial charge on any atom is 0.223 e. The van der Waals surface area contributed by atoms with E-state index in [1.807, 2.05) is 0 Å². The van der Waals surface area contributed by atoms with Crippen LogP contribution in [0.25, 0.3) is 11.3 Å². The van der Waals surface area contributed by atoms with Gasteiger partial charge in [0, 0.05) is 23.5 Å². The second-order valence-corrected chi connectivity index (χ2v) is 5.86. The molecule has 7 heteroatoms. The molecular weight excluding hydrogens is 322 g/mol. The normalized spacial score (nSPS) is 14.9. The van der Waals surface area contributed by atoms with Crippen LogP contribution in [0.4, 0.5) is 14.5 Å². The van der Waals surface area contributed by atoms with E-state index < -0.39 is 11.6 Å². The number of aromatic nitrogens is 2. The monoisotopic (exact) mass is 336 g/mol. The molecule has 1 heterocycles. The number of nitrogens with one attached hydrogen (secondary N) is 2. The molecule has 2 aromatic rings. The number of halogens is 3. The van der Waals surface area contributed by atoms with E-state index in [0.717, 1.165) is 44.2 Å². The van der Waals surface area contributed by atoms with E-state index in [4.69, 9.17) is 17.0 Å². The Morgan fingerprint density at radius 1 is 1.22 bits per heavy atom. The van der Waals surface area contributed by atoms with Crippen molar-refractivity contribution in [2.24, 2.45) is 0 Å². The quantitative estimate of drug-likeness (QED) is 0.641. The highest BCUT2D eigenvalue weighted by atomic mass is 35.5. The first kappa shape index (κ1) is 15.8. The third-order valence-electron chi connectivity index (χ3n) is 3.98. The van der Waals surface area contributed by atoms with E-state index >= 15 is 0 Å². The summed E-state index contributed by atoms with van der Waals surface area (Å²) in [5.74, 6) is -1.28. The molecule has 1 saturated carbocycles. The van der Waals surface area contributed by atoms with E-state index in [0.29, 0.717) is 5.69 Å². The zero-order valence-electron chi connectivity index (χ0n) is 12.2. The van der Waals surface area contributed by atoms with Gasteiger partial charge in [-0.1, -0.05) is 12.8 Å². The second-order valence-electron chi connectivity index (χ2n) is 5.52. The van der Waals surface area contributed by atoms with Crippen molar-refractivity contribution in [2.75, 3.05) is 5.32 Å². The molecule has 0 amide bonds. The van der Waals surface area contributed by atoms with Crippen LogP contribution in [-0.4, -0.2) is 22.2 Å². The highest BCUT2D eigenvalue weighted by Gasteiger charge is 2.19. The summed E-state index contributed by atoms with van der Waals surface area (Å²) in [5, 5.41) is 10.6. The third kappa shape index (κ3) is 3.32. The van der Waals surface area contributed by atoms with Crippen LogP contribution in [0.15, 0.2) is 18.3 Å². The smallest absolute Gasteiger partial charge is 0.223 e. The van der Waals surface area contributed by atoms with Gasteiger partial charge in [-0.2, -0.15) is 0 Å². The Morgan fingerprint density at radius 3 is 2.65 bits per heavy atom. The molecule has 0 atom stereocenters. The molecule has 1 aromatic heterocycles. The maximum absolute atomic E-state index is 14.3. The van der Waals surface area contributed by atoms with Crippen molar-refractivity contribution in [2.45, 2.75) is 31.7 Å². The average Bonchev–Trinajstić information content (AvgIpc) is 3.02. The number of hydrogen-bond acceptors (Lipinski definition) is 4. The Hall–Kier alpha value is -2.08. The molecule has 0 bridgehead atoms. The lowest BCUT2D eigenvalue weighted by atomic mass is 10.0. The summed E-state index contributed by atoms with van der Waals surface area (Å²) in [4.78, 5) is 7.40. The molecule has 0 saturated heterocycles. The summed E-state index contributed by atoms with van der Waals surface area (Å²) < 4.78 is 28.2. The summed E-state index contributed by atoms with van der Waals surface area (Å²) in [7, 11) is 0. The molecule has 0 spiro atoms. The first-order chi connectivity index (χ1) is 11.1. The van der Waals surface area contributed by atoms with Crippen LogP contribution in [-0.2, 0) is 0 Å². The van der Waals surface area contributed by atoms with Crippen LogP contribution in [0.3, 0.4) is 0 Å². The van der Waals surface area contributed by atoms with Gasteiger partial charge in [-0.3, -0.25) is 0 Å². The summed E-state index contributed by atoms with van der Waals surface area (Å²) in [6.07, 6.45) is 6.15. The molecule has 0 radical (unpaired) electrons.